The van der Waals surface area contributed by atoms with Crippen LogP contribution >= 0.6 is 0 Å². The van der Waals surface area contributed by atoms with Gasteiger partial charge in [-0.25, -0.2) is 5.10 Å². The van der Waals surface area contributed by atoms with Crippen molar-refractivity contribution in [2.45, 2.75) is 24.8 Å². The Morgan fingerprint density at radius 1 is 0.947 bits per heavy atom. The van der Waals surface area contributed by atoms with E-state index in [9.17, 15) is 14.9 Å². The Morgan fingerprint density at radius 3 is 2.29 bits per heavy atom. The summed E-state index contributed by atoms with van der Waals surface area (Å²) >= 11 is 0. The Labute approximate surface area is 217 Å². The van der Waals surface area contributed by atoms with E-state index >= 15 is 0 Å². The molecule has 4 aromatic carbocycles. The molecule has 1 unspecified atom stereocenters. The van der Waals surface area contributed by atoms with Gasteiger partial charge in [0.15, 0.2) is 5.82 Å². The number of carbonyl (C=O) groups is 1. The summed E-state index contributed by atoms with van der Waals surface area (Å²) in [7, 11) is 0. The van der Waals surface area contributed by atoms with Crippen LogP contribution in [0.3, 0.4) is 0 Å². The molecule has 0 saturated carbocycles. The number of nitro groups is 1. The van der Waals surface area contributed by atoms with Crippen molar-refractivity contribution in [3.63, 3.8) is 0 Å². The molecule has 8 rings (SSSR count). The second-order valence-electron chi connectivity index (χ2n) is 10.3. The number of aromatic amines is 1. The smallest absolute Gasteiger partial charge is 0.273 e. The summed E-state index contributed by atoms with van der Waals surface area (Å²) in [5, 5.41) is 25.0. The van der Waals surface area contributed by atoms with E-state index < -0.39 is 11.0 Å². The van der Waals surface area contributed by atoms with Gasteiger partial charge >= 0.3 is 0 Å². The second-order valence-corrected chi connectivity index (χ2v) is 10.3. The maximum Gasteiger partial charge on any atom is 0.273 e. The zero-order valence-electron chi connectivity index (χ0n) is 20.5. The fourth-order valence-corrected chi connectivity index (χ4v) is 6.66. The molecule has 2 N–H and O–H groups in total. The second kappa shape index (κ2) is 7.82. The van der Waals surface area contributed by atoms with Crippen LogP contribution < -0.4 is 5.32 Å². The average molecular weight is 502 g/mol. The molecule has 0 spiro atoms. The lowest BCUT2D eigenvalue weighted by Gasteiger charge is -2.52. The third-order valence-corrected chi connectivity index (χ3v) is 8.27. The number of hydrogen-bond donors (Lipinski definition) is 2. The molecular formula is C30H23N5O3. The summed E-state index contributed by atoms with van der Waals surface area (Å²) in [6.45, 7) is 1.82. The largest absolute Gasteiger partial charge is 0.294 e. The molecule has 1 heterocycles. The number of benzene rings is 4. The Kier molecular flexibility index (Phi) is 4.60. The fraction of sp³-hybridized carbons (Fsp3) is 0.167. The lowest BCUT2D eigenvalue weighted by molar-refractivity contribution is -0.573. The van der Waals surface area contributed by atoms with E-state index in [1.807, 2.05) is 97.9 Å². The summed E-state index contributed by atoms with van der Waals surface area (Å²) in [6, 6.07) is 28.7. The first-order valence-corrected chi connectivity index (χ1v) is 12.5. The molecule has 8 nitrogen and oxygen atoms in total. The van der Waals surface area contributed by atoms with Gasteiger partial charge in [-0.15, -0.1) is 0 Å². The first kappa shape index (κ1) is 22.4. The van der Waals surface area contributed by atoms with Gasteiger partial charge < -0.3 is 0 Å². The van der Waals surface area contributed by atoms with E-state index in [1.165, 1.54) is 0 Å². The highest BCUT2D eigenvalue weighted by atomic mass is 16.6. The molecule has 1 amide bonds. The van der Waals surface area contributed by atoms with E-state index in [-0.39, 0.29) is 29.1 Å². The van der Waals surface area contributed by atoms with Gasteiger partial charge in [0.05, 0.1) is 5.41 Å². The number of aromatic nitrogens is 3. The third kappa shape index (κ3) is 2.88. The Bertz CT molecular complexity index is 1720. The highest BCUT2D eigenvalue weighted by Crippen LogP contribution is 2.63. The van der Waals surface area contributed by atoms with Crippen molar-refractivity contribution in [3.8, 4) is 11.4 Å². The van der Waals surface area contributed by atoms with E-state index in [0.717, 1.165) is 27.5 Å². The minimum atomic E-state index is -1.51. The predicted molar refractivity (Wildman–Crippen MR) is 143 cm³/mol. The van der Waals surface area contributed by atoms with Crippen LogP contribution in [0.25, 0.3) is 22.2 Å². The van der Waals surface area contributed by atoms with Crippen LogP contribution in [0.15, 0.2) is 91.0 Å². The molecule has 0 radical (unpaired) electrons. The van der Waals surface area contributed by atoms with E-state index in [2.05, 4.69) is 20.5 Å². The fourth-order valence-electron chi connectivity index (χ4n) is 6.66. The molecule has 38 heavy (non-hydrogen) atoms. The molecule has 1 atom stereocenters. The number of anilines is 1. The molecule has 0 aliphatic heterocycles. The number of nitrogens with one attached hydrogen (secondary N) is 2. The summed E-state index contributed by atoms with van der Waals surface area (Å²) in [6.07, 6.45) is 0.0435. The standard InChI is InChI=1S/C30H23N5O3/c1-29(27(36)32-28-31-26(33-34-28)20-14-8-10-18-9-2-3-11-19(18)20)17-30(35(37)38)23-15-6-4-12-21(23)25(29)22-13-5-7-16-24(22)30/h2-16,25H,17H2,1H3,(H2,31,32,33,34,36). The molecule has 186 valence electrons. The maximum absolute atomic E-state index is 14.0. The lowest BCUT2D eigenvalue weighted by atomic mass is 9.49. The summed E-state index contributed by atoms with van der Waals surface area (Å²) in [4.78, 5) is 31.2. The average Bonchev–Trinajstić information content (AvgIpc) is 3.41. The molecule has 8 heteroatoms. The molecule has 5 aromatic rings. The van der Waals surface area contributed by atoms with Crippen molar-refractivity contribution in [2.24, 2.45) is 5.41 Å². The quantitative estimate of drug-likeness (QED) is 0.244. The van der Waals surface area contributed by atoms with Crippen molar-refractivity contribution < 1.29 is 9.72 Å². The maximum atomic E-state index is 14.0. The van der Waals surface area contributed by atoms with E-state index in [4.69, 9.17) is 0 Å². The van der Waals surface area contributed by atoms with Crippen LogP contribution in [0.4, 0.5) is 5.95 Å². The zero-order chi connectivity index (χ0) is 26.1. The number of nitrogens with zero attached hydrogens (tertiary/aromatic N) is 3. The van der Waals surface area contributed by atoms with Gasteiger partial charge in [0.2, 0.25) is 11.9 Å². The Hall–Kier alpha value is -4.85. The van der Waals surface area contributed by atoms with Gasteiger partial charge in [-0.05, 0) is 28.8 Å². The summed E-state index contributed by atoms with van der Waals surface area (Å²) < 4.78 is 0. The highest BCUT2D eigenvalue weighted by Gasteiger charge is 2.67. The highest BCUT2D eigenvalue weighted by molar-refractivity contribution is 5.97. The third-order valence-electron chi connectivity index (χ3n) is 8.27. The molecule has 1 aromatic heterocycles. The van der Waals surface area contributed by atoms with Crippen LogP contribution in [0.2, 0.25) is 0 Å². The van der Waals surface area contributed by atoms with Crippen molar-refractivity contribution in [1.29, 1.82) is 0 Å². The Balaban J connectivity index is 1.30. The van der Waals surface area contributed by atoms with Crippen LogP contribution in [0.1, 0.15) is 41.5 Å². The first-order chi connectivity index (χ1) is 18.4. The van der Waals surface area contributed by atoms with Crippen LogP contribution in [0.5, 0.6) is 0 Å². The minimum Gasteiger partial charge on any atom is -0.294 e. The molecule has 2 bridgehead atoms. The van der Waals surface area contributed by atoms with Gasteiger partial charge in [-0.3, -0.25) is 20.2 Å². The monoisotopic (exact) mass is 501 g/mol. The number of H-pyrrole nitrogens is 1. The van der Waals surface area contributed by atoms with Gasteiger partial charge in [0, 0.05) is 34.0 Å². The van der Waals surface area contributed by atoms with Crippen molar-refractivity contribution in [3.05, 3.63) is 123 Å². The number of hydrogen-bond acceptors (Lipinski definition) is 5. The Morgan fingerprint density at radius 2 is 1.58 bits per heavy atom. The lowest BCUT2D eigenvalue weighted by Crippen LogP contribution is -2.57. The molecular weight excluding hydrogens is 478 g/mol. The molecule has 0 saturated heterocycles. The van der Waals surface area contributed by atoms with Crippen LogP contribution in [0, 0.1) is 15.5 Å². The van der Waals surface area contributed by atoms with Crippen molar-refractivity contribution in [2.75, 3.05) is 5.32 Å². The predicted octanol–water partition coefficient (Wildman–Crippen LogP) is 5.64. The first-order valence-electron chi connectivity index (χ1n) is 12.5. The molecule has 3 aliphatic carbocycles. The minimum absolute atomic E-state index is 0.0435. The molecule has 0 fully saturated rings. The topological polar surface area (TPSA) is 114 Å². The van der Waals surface area contributed by atoms with Crippen molar-refractivity contribution in [1.82, 2.24) is 15.2 Å². The number of rotatable bonds is 4. The number of fused-ring (bicyclic) bond motifs is 2. The van der Waals surface area contributed by atoms with Gasteiger partial charge in [-0.2, -0.15) is 10.1 Å². The number of amides is 1. The number of carbonyl (C=O) groups excluding carboxylic acids is 1. The molecule has 3 aliphatic rings. The normalized spacial score (nSPS) is 23.0. The van der Waals surface area contributed by atoms with E-state index in [1.54, 1.807) is 0 Å². The van der Waals surface area contributed by atoms with Crippen LogP contribution in [-0.2, 0) is 10.3 Å². The van der Waals surface area contributed by atoms with Gasteiger partial charge in [0.25, 0.3) is 5.54 Å². The van der Waals surface area contributed by atoms with Crippen molar-refractivity contribution >= 4 is 22.6 Å². The van der Waals surface area contributed by atoms with Crippen LogP contribution in [-0.4, -0.2) is 26.0 Å². The summed E-state index contributed by atoms with van der Waals surface area (Å²) in [5.41, 5.74) is 1.21. The van der Waals surface area contributed by atoms with Gasteiger partial charge in [0.1, 0.15) is 0 Å². The van der Waals surface area contributed by atoms with E-state index in [0.29, 0.717) is 17.0 Å². The SMILES string of the molecule is CC1(C(=O)Nc2nc(-c3cccc4ccccc34)n[nH]2)CC2([N+](=O)[O-])c3ccccc3C1c1ccccc12. The van der Waals surface area contributed by atoms with Gasteiger partial charge in [-0.1, -0.05) is 91.0 Å². The zero-order valence-corrected chi connectivity index (χ0v) is 20.5. The summed E-state index contributed by atoms with van der Waals surface area (Å²) in [5.74, 6) is -0.00210.